The van der Waals surface area contributed by atoms with Crippen LogP contribution in [0.2, 0.25) is 0 Å². The Labute approximate surface area is 87.8 Å². The SMILES string of the molecule is COCCNCCN1CC(C)CC1C. The lowest BCUT2D eigenvalue weighted by Crippen LogP contribution is -2.35. The fraction of sp³-hybridized carbons (Fsp3) is 1.00. The summed E-state index contributed by atoms with van der Waals surface area (Å²) >= 11 is 0. The van der Waals surface area contributed by atoms with Crippen LogP contribution in [0.5, 0.6) is 0 Å². The molecule has 1 fully saturated rings. The Hall–Kier alpha value is -0.120. The van der Waals surface area contributed by atoms with Crippen LogP contribution in [0.3, 0.4) is 0 Å². The second-order valence-corrected chi connectivity index (χ2v) is 4.43. The Morgan fingerprint density at radius 1 is 1.36 bits per heavy atom. The molecule has 0 aliphatic carbocycles. The molecule has 0 radical (unpaired) electrons. The molecule has 0 bridgehead atoms. The molecule has 14 heavy (non-hydrogen) atoms. The van der Waals surface area contributed by atoms with Crippen LogP contribution in [0.15, 0.2) is 0 Å². The number of rotatable bonds is 6. The van der Waals surface area contributed by atoms with E-state index < -0.39 is 0 Å². The molecule has 2 unspecified atom stereocenters. The zero-order chi connectivity index (χ0) is 10.4. The summed E-state index contributed by atoms with van der Waals surface area (Å²) in [5, 5.41) is 3.38. The third kappa shape index (κ3) is 3.95. The summed E-state index contributed by atoms with van der Waals surface area (Å²) in [6, 6.07) is 0.772. The highest BCUT2D eigenvalue weighted by molar-refractivity contribution is 4.80. The average Bonchev–Trinajstić information content (AvgIpc) is 2.45. The first-order valence-corrected chi connectivity index (χ1v) is 5.67. The minimum absolute atomic E-state index is 0.772. The van der Waals surface area contributed by atoms with Crippen molar-refractivity contribution >= 4 is 0 Å². The quantitative estimate of drug-likeness (QED) is 0.646. The fourth-order valence-electron chi connectivity index (χ4n) is 2.22. The average molecular weight is 200 g/mol. The lowest BCUT2D eigenvalue weighted by atomic mass is 10.1. The van der Waals surface area contributed by atoms with Crippen molar-refractivity contribution in [2.75, 3.05) is 39.9 Å². The monoisotopic (exact) mass is 200 g/mol. The Kier molecular flexibility index (Phi) is 5.45. The van der Waals surface area contributed by atoms with Crippen molar-refractivity contribution in [3.05, 3.63) is 0 Å². The summed E-state index contributed by atoms with van der Waals surface area (Å²) in [6.07, 6.45) is 1.36. The van der Waals surface area contributed by atoms with Gasteiger partial charge in [-0.3, -0.25) is 4.90 Å². The second kappa shape index (κ2) is 6.38. The third-order valence-corrected chi connectivity index (χ3v) is 2.97. The minimum atomic E-state index is 0.772. The molecule has 1 rings (SSSR count). The Bertz CT molecular complexity index is 152. The number of likely N-dealkylation sites (tertiary alicyclic amines) is 1. The highest BCUT2D eigenvalue weighted by Gasteiger charge is 2.24. The van der Waals surface area contributed by atoms with Gasteiger partial charge in [0.25, 0.3) is 0 Å². The van der Waals surface area contributed by atoms with E-state index >= 15 is 0 Å². The molecule has 1 heterocycles. The Morgan fingerprint density at radius 2 is 2.14 bits per heavy atom. The zero-order valence-corrected chi connectivity index (χ0v) is 9.75. The van der Waals surface area contributed by atoms with Gasteiger partial charge in [0.15, 0.2) is 0 Å². The molecule has 0 aromatic rings. The van der Waals surface area contributed by atoms with E-state index in [1.165, 1.54) is 19.5 Å². The summed E-state index contributed by atoms with van der Waals surface area (Å²) < 4.78 is 4.98. The lowest BCUT2D eigenvalue weighted by Gasteiger charge is -2.20. The molecule has 2 atom stereocenters. The van der Waals surface area contributed by atoms with Crippen molar-refractivity contribution in [3.63, 3.8) is 0 Å². The van der Waals surface area contributed by atoms with Crippen molar-refractivity contribution in [3.8, 4) is 0 Å². The molecule has 0 spiro atoms. The largest absolute Gasteiger partial charge is 0.383 e. The first kappa shape index (κ1) is 12.0. The van der Waals surface area contributed by atoms with Crippen LogP contribution < -0.4 is 5.32 Å². The summed E-state index contributed by atoms with van der Waals surface area (Å²) in [4.78, 5) is 2.57. The minimum Gasteiger partial charge on any atom is -0.383 e. The molecule has 1 N–H and O–H groups in total. The Morgan fingerprint density at radius 3 is 2.71 bits per heavy atom. The van der Waals surface area contributed by atoms with Gasteiger partial charge in [-0.05, 0) is 19.3 Å². The van der Waals surface area contributed by atoms with Crippen LogP contribution in [-0.4, -0.2) is 50.8 Å². The maximum atomic E-state index is 4.98. The van der Waals surface area contributed by atoms with Gasteiger partial charge >= 0.3 is 0 Å². The van der Waals surface area contributed by atoms with E-state index in [0.29, 0.717) is 0 Å². The summed E-state index contributed by atoms with van der Waals surface area (Å²) in [7, 11) is 1.74. The first-order chi connectivity index (χ1) is 6.74. The van der Waals surface area contributed by atoms with Gasteiger partial charge in [0.2, 0.25) is 0 Å². The number of nitrogens with zero attached hydrogens (tertiary/aromatic N) is 1. The van der Waals surface area contributed by atoms with E-state index in [9.17, 15) is 0 Å². The molecule has 0 saturated carbocycles. The van der Waals surface area contributed by atoms with E-state index in [1.54, 1.807) is 7.11 Å². The van der Waals surface area contributed by atoms with Crippen LogP contribution >= 0.6 is 0 Å². The second-order valence-electron chi connectivity index (χ2n) is 4.43. The molecule has 0 aromatic heterocycles. The summed E-state index contributed by atoms with van der Waals surface area (Å²) in [5.74, 6) is 0.879. The van der Waals surface area contributed by atoms with E-state index in [0.717, 1.165) is 31.7 Å². The van der Waals surface area contributed by atoms with Crippen molar-refractivity contribution < 1.29 is 4.74 Å². The van der Waals surface area contributed by atoms with Crippen molar-refractivity contribution in [2.45, 2.75) is 26.3 Å². The number of hydrogen-bond donors (Lipinski definition) is 1. The normalized spacial score (nSPS) is 28.5. The van der Waals surface area contributed by atoms with Gasteiger partial charge < -0.3 is 10.1 Å². The van der Waals surface area contributed by atoms with Crippen LogP contribution in [0.1, 0.15) is 20.3 Å². The predicted molar refractivity (Wildman–Crippen MR) is 59.6 cm³/mol. The summed E-state index contributed by atoms with van der Waals surface area (Å²) in [5.41, 5.74) is 0. The number of hydrogen-bond acceptors (Lipinski definition) is 3. The fourth-order valence-corrected chi connectivity index (χ4v) is 2.22. The first-order valence-electron chi connectivity index (χ1n) is 5.67. The van der Waals surface area contributed by atoms with Crippen LogP contribution in [0.25, 0.3) is 0 Å². The van der Waals surface area contributed by atoms with Gasteiger partial charge in [-0.2, -0.15) is 0 Å². The Balaban J connectivity index is 2.01. The summed E-state index contributed by atoms with van der Waals surface area (Å²) in [6.45, 7) is 9.98. The van der Waals surface area contributed by atoms with Gasteiger partial charge in [0.1, 0.15) is 0 Å². The van der Waals surface area contributed by atoms with Gasteiger partial charge in [0, 0.05) is 39.3 Å². The maximum Gasteiger partial charge on any atom is 0.0587 e. The van der Waals surface area contributed by atoms with E-state index in [2.05, 4.69) is 24.1 Å². The topological polar surface area (TPSA) is 24.5 Å². The smallest absolute Gasteiger partial charge is 0.0587 e. The van der Waals surface area contributed by atoms with Gasteiger partial charge in [0.05, 0.1) is 6.61 Å². The molecular weight excluding hydrogens is 176 g/mol. The number of nitrogens with one attached hydrogen (secondary N) is 1. The van der Waals surface area contributed by atoms with Crippen LogP contribution in [-0.2, 0) is 4.74 Å². The van der Waals surface area contributed by atoms with Gasteiger partial charge in [-0.15, -0.1) is 0 Å². The van der Waals surface area contributed by atoms with Crippen molar-refractivity contribution in [1.29, 1.82) is 0 Å². The van der Waals surface area contributed by atoms with Gasteiger partial charge in [-0.1, -0.05) is 6.92 Å². The van der Waals surface area contributed by atoms with Gasteiger partial charge in [-0.25, -0.2) is 0 Å². The predicted octanol–water partition coefficient (Wildman–Crippen LogP) is 0.953. The van der Waals surface area contributed by atoms with Crippen molar-refractivity contribution in [2.24, 2.45) is 5.92 Å². The molecule has 0 amide bonds. The molecule has 1 saturated heterocycles. The maximum absolute atomic E-state index is 4.98. The highest BCUT2D eigenvalue weighted by atomic mass is 16.5. The molecule has 1 aliphatic rings. The molecular formula is C11H24N2O. The zero-order valence-electron chi connectivity index (χ0n) is 9.75. The van der Waals surface area contributed by atoms with Crippen molar-refractivity contribution in [1.82, 2.24) is 10.2 Å². The molecule has 1 aliphatic heterocycles. The van der Waals surface area contributed by atoms with Crippen LogP contribution in [0, 0.1) is 5.92 Å². The van der Waals surface area contributed by atoms with E-state index in [-0.39, 0.29) is 0 Å². The van der Waals surface area contributed by atoms with E-state index in [4.69, 9.17) is 4.74 Å². The number of ether oxygens (including phenoxy) is 1. The standard InChI is InChI=1S/C11H24N2O/c1-10-8-11(2)13(9-10)6-4-12-5-7-14-3/h10-12H,4-9H2,1-3H3. The lowest BCUT2D eigenvalue weighted by molar-refractivity contribution is 0.196. The molecule has 3 nitrogen and oxygen atoms in total. The molecule has 84 valence electrons. The molecule has 3 heteroatoms. The third-order valence-electron chi connectivity index (χ3n) is 2.97. The van der Waals surface area contributed by atoms with E-state index in [1.807, 2.05) is 0 Å². The molecule has 0 aromatic carbocycles. The highest BCUT2D eigenvalue weighted by Crippen LogP contribution is 2.21. The van der Waals surface area contributed by atoms with Crippen LogP contribution in [0.4, 0.5) is 0 Å². The number of methoxy groups -OCH3 is 1.